The Kier molecular flexibility index (Phi) is 3.85. The molecule has 14 heavy (non-hydrogen) atoms. The topological polar surface area (TPSA) is 3.24 Å². The predicted octanol–water partition coefficient (Wildman–Crippen LogP) is 3.51. The maximum atomic E-state index is 6.06. The van der Waals surface area contributed by atoms with Gasteiger partial charge in [0, 0.05) is 10.8 Å². The minimum absolute atomic E-state index is 0.456. The number of rotatable bonds is 3. The molecule has 1 aromatic rings. The van der Waals surface area contributed by atoms with Crippen molar-refractivity contribution in [1.29, 1.82) is 0 Å². The summed E-state index contributed by atoms with van der Waals surface area (Å²) >= 11 is 7.88. The molecule has 0 aliphatic carbocycles. The number of alkyl halides is 1. The van der Waals surface area contributed by atoms with Crippen molar-refractivity contribution in [1.82, 2.24) is 4.90 Å². The summed E-state index contributed by atoms with van der Waals surface area (Å²) in [7, 11) is 0. The van der Waals surface area contributed by atoms with Gasteiger partial charge >= 0.3 is 0 Å². The first-order valence-electron chi connectivity index (χ1n) is 5.25. The first-order valence-corrected chi connectivity index (χ1v) is 6.66. The number of likely N-dealkylation sites (tertiary alicyclic amines) is 1. The second-order valence-corrected chi connectivity index (χ2v) is 5.07. The van der Waals surface area contributed by atoms with Crippen LogP contribution in [-0.2, 0) is 0 Å². The van der Waals surface area contributed by atoms with Gasteiger partial charge in [-0.3, -0.25) is 4.90 Å². The third-order valence-corrected chi connectivity index (χ3v) is 4.12. The highest BCUT2D eigenvalue weighted by atomic mass is 35.5. The van der Waals surface area contributed by atoms with Crippen molar-refractivity contribution in [3.8, 4) is 0 Å². The van der Waals surface area contributed by atoms with Gasteiger partial charge in [0.05, 0.1) is 6.04 Å². The van der Waals surface area contributed by atoms with Gasteiger partial charge in [-0.25, -0.2) is 0 Å². The summed E-state index contributed by atoms with van der Waals surface area (Å²) < 4.78 is 0. The molecule has 1 aliphatic heterocycles. The zero-order valence-electron chi connectivity index (χ0n) is 8.29. The molecule has 0 bridgehead atoms. The highest BCUT2D eigenvalue weighted by molar-refractivity contribution is 7.10. The molecular weight excluding hydrogens is 214 g/mol. The predicted molar refractivity (Wildman–Crippen MR) is 63.2 cm³/mol. The largest absolute Gasteiger partial charge is 0.294 e. The van der Waals surface area contributed by atoms with E-state index in [4.69, 9.17) is 11.6 Å². The molecular formula is C11H16ClNS. The number of hydrogen-bond acceptors (Lipinski definition) is 2. The number of nitrogens with zero attached hydrogens (tertiary/aromatic N) is 1. The van der Waals surface area contributed by atoms with E-state index in [0.29, 0.717) is 6.04 Å². The summed E-state index contributed by atoms with van der Waals surface area (Å²) in [6.45, 7) is 2.44. The molecule has 78 valence electrons. The maximum absolute atomic E-state index is 6.06. The Labute approximate surface area is 94.7 Å². The monoisotopic (exact) mass is 229 g/mol. The van der Waals surface area contributed by atoms with Gasteiger partial charge in [0.2, 0.25) is 0 Å². The lowest BCUT2D eigenvalue weighted by Crippen LogP contribution is -2.34. The SMILES string of the molecule is ClCC(c1cccs1)N1CCCCC1. The van der Waals surface area contributed by atoms with Crippen molar-refractivity contribution in [2.45, 2.75) is 25.3 Å². The molecule has 1 aliphatic rings. The van der Waals surface area contributed by atoms with E-state index in [9.17, 15) is 0 Å². The normalized spacial score (nSPS) is 20.9. The summed E-state index contributed by atoms with van der Waals surface area (Å²) in [6.07, 6.45) is 4.05. The van der Waals surface area contributed by atoms with E-state index < -0.39 is 0 Å². The Morgan fingerprint density at radius 1 is 1.36 bits per heavy atom. The molecule has 2 heterocycles. The van der Waals surface area contributed by atoms with Gasteiger partial charge < -0.3 is 0 Å². The minimum Gasteiger partial charge on any atom is -0.294 e. The van der Waals surface area contributed by atoms with E-state index in [2.05, 4.69) is 22.4 Å². The lowest BCUT2D eigenvalue weighted by Gasteiger charge is -2.32. The number of hydrogen-bond donors (Lipinski definition) is 0. The fraction of sp³-hybridized carbons (Fsp3) is 0.636. The van der Waals surface area contributed by atoms with E-state index in [-0.39, 0.29) is 0 Å². The summed E-state index contributed by atoms with van der Waals surface area (Å²) in [4.78, 5) is 3.95. The van der Waals surface area contributed by atoms with Gasteiger partial charge in [-0.05, 0) is 37.4 Å². The van der Waals surface area contributed by atoms with Crippen LogP contribution < -0.4 is 0 Å². The van der Waals surface area contributed by atoms with Gasteiger partial charge in [-0.2, -0.15) is 0 Å². The van der Waals surface area contributed by atoms with Gasteiger partial charge in [0.15, 0.2) is 0 Å². The molecule has 1 saturated heterocycles. The third-order valence-electron chi connectivity index (χ3n) is 2.85. The number of halogens is 1. The molecule has 2 rings (SSSR count). The summed E-state index contributed by atoms with van der Waals surface area (Å²) in [5, 5.41) is 2.14. The standard InChI is InChI=1S/C11H16ClNS/c12-9-10(11-5-4-8-14-11)13-6-2-1-3-7-13/h4-5,8,10H,1-3,6-7,9H2. The van der Waals surface area contributed by atoms with Gasteiger partial charge in [0.25, 0.3) is 0 Å². The van der Waals surface area contributed by atoms with Crippen LogP contribution in [0.5, 0.6) is 0 Å². The zero-order valence-corrected chi connectivity index (χ0v) is 9.86. The fourth-order valence-corrected chi connectivity index (χ4v) is 3.38. The first-order chi connectivity index (χ1) is 6.92. The van der Waals surface area contributed by atoms with Gasteiger partial charge in [-0.15, -0.1) is 22.9 Å². The molecule has 1 fully saturated rings. The van der Waals surface area contributed by atoms with Gasteiger partial charge in [-0.1, -0.05) is 12.5 Å². The molecule has 0 saturated carbocycles. The van der Waals surface area contributed by atoms with E-state index in [1.54, 1.807) is 0 Å². The van der Waals surface area contributed by atoms with Crippen LogP contribution in [0.2, 0.25) is 0 Å². The van der Waals surface area contributed by atoms with E-state index in [1.165, 1.54) is 37.2 Å². The summed E-state index contributed by atoms with van der Waals surface area (Å²) in [5.74, 6) is 0.723. The zero-order chi connectivity index (χ0) is 9.80. The Morgan fingerprint density at radius 2 is 2.14 bits per heavy atom. The van der Waals surface area contributed by atoms with Crippen LogP contribution >= 0.6 is 22.9 Å². The summed E-state index contributed by atoms with van der Waals surface area (Å²) in [5.41, 5.74) is 0. The van der Waals surface area contributed by atoms with Crippen LogP contribution in [0.4, 0.5) is 0 Å². The lowest BCUT2D eigenvalue weighted by molar-refractivity contribution is 0.179. The van der Waals surface area contributed by atoms with Crippen molar-refractivity contribution in [2.75, 3.05) is 19.0 Å². The molecule has 1 nitrogen and oxygen atoms in total. The average molecular weight is 230 g/mol. The first kappa shape index (κ1) is 10.5. The highest BCUT2D eigenvalue weighted by Crippen LogP contribution is 2.28. The van der Waals surface area contributed by atoms with E-state index in [0.717, 1.165) is 5.88 Å². The minimum atomic E-state index is 0.456. The Morgan fingerprint density at radius 3 is 2.71 bits per heavy atom. The molecule has 1 atom stereocenters. The molecule has 1 aromatic heterocycles. The molecule has 0 N–H and O–H groups in total. The Balaban J connectivity index is 2.04. The van der Waals surface area contributed by atoms with Crippen LogP contribution in [0.15, 0.2) is 17.5 Å². The van der Waals surface area contributed by atoms with Crippen LogP contribution in [0, 0.1) is 0 Å². The van der Waals surface area contributed by atoms with Crippen molar-refractivity contribution >= 4 is 22.9 Å². The highest BCUT2D eigenvalue weighted by Gasteiger charge is 2.21. The van der Waals surface area contributed by atoms with Crippen LogP contribution in [0.25, 0.3) is 0 Å². The lowest BCUT2D eigenvalue weighted by atomic mass is 10.1. The second kappa shape index (κ2) is 5.15. The average Bonchev–Trinajstić information content (AvgIpc) is 2.74. The van der Waals surface area contributed by atoms with E-state index in [1.807, 2.05) is 11.3 Å². The molecule has 3 heteroatoms. The number of piperidine rings is 1. The summed E-state index contributed by atoms with van der Waals surface area (Å²) in [6, 6.07) is 4.77. The quantitative estimate of drug-likeness (QED) is 0.717. The second-order valence-electron chi connectivity index (χ2n) is 3.78. The number of thiophene rings is 1. The van der Waals surface area contributed by atoms with Crippen LogP contribution in [0.1, 0.15) is 30.2 Å². The molecule has 0 aromatic carbocycles. The molecule has 0 amide bonds. The molecule has 0 spiro atoms. The van der Waals surface area contributed by atoms with Gasteiger partial charge in [0.1, 0.15) is 0 Å². The molecule has 1 unspecified atom stereocenters. The van der Waals surface area contributed by atoms with E-state index >= 15 is 0 Å². The molecule has 0 radical (unpaired) electrons. The van der Waals surface area contributed by atoms with Crippen LogP contribution in [0.3, 0.4) is 0 Å². The Hall–Kier alpha value is -0.0500. The van der Waals surface area contributed by atoms with Crippen molar-refractivity contribution in [2.24, 2.45) is 0 Å². The van der Waals surface area contributed by atoms with Crippen molar-refractivity contribution < 1.29 is 0 Å². The van der Waals surface area contributed by atoms with Crippen LogP contribution in [-0.4, -0.2) is 23.9 Å². The van der Waals surface area contributed by atoms with Crippen molar-refractivity contribution in [3.05, 3.63) is 22.4 Å². The third kappa shape index (κ3) is 2.30. The smallest absolute Gasteiger partial charge is 0.0577 e. The Bertz CT molecular complexity index is 254. The fourth-order valence-electron chi connectivity index (χ4n) is 2.06. The van der Waals surface area contributed by atoms with Crippen molar-refractivity contribution in [3.63, 3.8) is 0 Å². The maximum Gasteiger partial charge on any atom is 0.0577 e.